The number of nitrogens with two attached hydrogens (primary N) is 1. The van der Waals surface area contributed by atoms with Gasteiger partial charge in [-0.25, -0.2) is 13.2 Å². The Morgan fingerprint density at radius 3 is 2.38 bits per heavy atom. The van der Waals surface area contributed by atoms with E-state index in [4.69, 9.17) is 0 Å². The van der Waals surface area contributed by atoms with Crippen LogP contribution in [0.5, 0.6) is 0 Å². The van der Waals surface area contributed by atoms with E-state index < -0.39 is 9.84 Å². The Morgan fingerprint density at radius 1 is 0.969 bits per heavy atom. The van der Waals surface area contributed by atoms with Gasteiger partial charge < -0.3 is 28.4 Å². The van der Waals surface area contributed by atoms with Gasteiger partial charge in [0.25, 0.3) is 0 Å². The van der Waals surface area contributed by atoms with Gasteiger partial charge in [-0.15, -0.1) is 0 Å². The van der Waals surface area contributed by atoms with Crippen molar-refractivity contribution in [2.75, 3.05) is 5.32 Å². The monoisotopic (exact) mass is 471 g/mol. The van der Waals surface area contributed by atoms with Crippen LogP contribution in [0.3, 0.4) is 0 Å². The topological polar surface area (TPSA) is 91.9 Å². The zero-order chi connectivity index (χ0) is 21.8. The zero-order valence-corrected chi connectivity index (χ0v) is 19.3. The molecule has 1 atom stereocenters. The van der Waals surface area contributed by atoms with Crippen LogP contribution >= 0.6 is 0 Å². The van der Waals surface area contributed by atoms with Gasteiger partial charge in [0.2, 0.25) is 0 Å². The summed E-state index contributed by atoms with van der Waals surface area (Å²) >= 11 is 0. The number of anilines is 1. The third kappa shape index (κ3) is 5.68. The maximum absolute atomic E-state index is 12.8. The molecule has 0 spiro atoms. The molecule has 0 saturated heterocycles. The molecule has 3 aromatic rings. The van der Waals surface area contributed by atoms with Gasteiger partial charge in [0.15, 0.2) is 9.84 Å². The summed E-state index contributed by atoms with van der Waals surface area (Å²) in [7, 11) is -3.47. The summed E-state index contributed by atoms with van der Waals surface area (Å²) in [4.78, 5) is 12.5. The number of benzene rings is 3. The van der Waals surface area contributed by atoms with Gasteiger partial charge in [-0.2, -0.15) is 0 Å². The summed E-state index contributed by atoms with van der Waals surface area (Å²) in [6.07, 6.45) is 0. The van der Waals surface area contributed by atoms with Gasteiger partial charge in [-0.05, 0) is 48.4 Å². The molecule has 1 aliphatic heterocycles. The molecule has 4 N–H and O–H groups in total. The molecule has 168 valence electrons. The Bertz CT molecular complexity index is 1180. The summed E-state index contributed by atoms with van der Waals surface area (Å²) in [6.45, 7) is 3.75. The first kappa shape index (κ1) is 23.8. The lowest BCUT2D eigenvalue weighted by Gasteiger charge is -2.15. The standard InChI is InChI=1S/C24H25N3O3S.ClH/c1-17(19-5-3-2-4-6-19)26-24(28)27-22-9-11-23(12-10-22)31(29,30)16-18-7-8-20-14-25-15-21(20)13-18;/h2-13,17,25H,14-16H2,1H3,(H2,26,27,28);1H. The molecule has 1 unspecified atom stereocenters. The summed E-state index contributed by atoms with van der Waals surface area (Å²) in [6, 6.07) is 21.4. The normalized spacial score (nSPS) is 13.5. The molecule has 0 aromatic heterocycles. The van der Waals surface area contributed by atoms with Crippen LogP contribution in [0.1, 0.15) is 35.2 Å². The minimum Gasteiger partial charge on any atom is -1.00 e. The number of amides is 2. The minimum atomic E-state index is -3.47. The number of carbonyl (C=O) groups excluding carboxylic acids is 1. The fraction of sp³-hybridized carbons (Fsp3) is 0.208. The Kier molecular flexibility index (Phi) is 7.56. The number of rotatable bonds is 6. The van der Waals surface area contributed by atoms with Gasteiger partial charge in [-0.3, -0.25) is 0 Å². The first-order valence-electron chi connectivity index (χ1n) is 10.3. The average Bonchev–Trinajstić information content (AvgIpc) is 3.22. The zero-order valence-electron chi connectivity index (χ0n) is 17.7. The molecular formula is C24H26ClN3O3S. The number of hydrogen-bond donors (Lipinski definition) is 3. The van der Waals surface area contributed by atoms with E-state index in [1.807, 2.05) is 55.5 Å². The van der Waals surface area contributed by atoms with Crippen molar-refractivity contribution in [3.63, 3.8) is 0 Å². The first-order chi connectivity index (χ1) is 14.9. The summed E-state index contributed by atoms with van der Waals surface area (Å²) in [5.74, 6) is -0.0396. The van der Waals surface area contributed by atoms with Crippen molar-refractivity contribution >= 4 is 21.6 Å². The fourth-order valence-electron chi connectivity index (χ4n) is 3.78. The highest BCUT2D eigenvalue weighted by Gasteiger charge is 2.19. The van der Waals surface area contributed by atoms with Gasteiger partial charge in [0, 0.05) is 16.8 Å². The number of sulfone groups is 1. The third-order valence-electron chi connectivity index (χ3n) is 5.47. The smallest absolute Gasteiger partial charge is 0.319 e. The lowest BCUT2D eigenvalue weighted by atomic mass is 10.1. The quantitative estimate of drug-likeness (QED) is 0.477. The molecule has 0 saturated carbocycles. The summed E-state index contributed by atoms with van der Waals surface area (Å²) in [5, 5.41) is 7.82. The number of carbonyl (C=O) groups is 1. The van der Waals surface area contributed by atoms with Crippen molar-refractivity contribution in [2.24, 2.45) is 0 Å². The molecule has 1 aliphatic rings. The number of quaternary nitrogens is 1. The highest BCUT2D eigenvalue weighted by atomic mass is 35.5. The molecule has 32 heavy (non-hydrogen) atoms. The van der Waals surface area contributed by atoms with E-state index in [1.54, 1.807) is 12.1 Å². The number of halogens is 1. The second-order valence-electron chi connectivity index (χ2n) is 7.81. The van der Waals surface area contributed by atoms with E-state index in [9.17, 15) is 13.2 Å². The van der Waals surface area contributed by atoms with Crippen LogP contribution in [0.25, 0.3) is 0 Å². The Balaban J connectivity index is 0.00000289. The van der Waals surface area contributed by atoms with E-state index in [1.165, 1.54) is 23.3 Å². The molecule has 2 amide bonds. The fourth-order valence-corrected chi connectivity index (χ4v) is 5.11. The Hall–Kier alpha value is -2.87. The van der Waals surface area contributed by atoms with Crippen molar-refractivity contribution in [2.45, 2.75) is 36.7 Å². The van der Waals surface area contributed by atoms with Crippen LogP contribution in [-0.2, 0) is 28.7 Å². The second kappa shape index (κ2) is 10.2. The summed E-state index contributed by atoms with van der Waals surface area (Å²) in [5.41, 5.74) is 4.82. The van der Waals surface area contributed by atoms with E-state index >= 15 is 0 Å². The van der Waals surface area contributed by atoms with Crippen LogP contribution < -0.4 is 28.4 Å². The SMILES string of the molecule is CC(NC(=O)Nc1ccc(S(=O)(=O)Cc2ccc3c(c2)C[NH2+]C3)cc1)c1ccccc1.[Cl-]. The molecule has 0 aliphatic carbocycles. The van der Waals surface area contributed by atoms with Crippen LogP contribution in [0, 0.1) is 0 Å². The predicted octanol–water partition coefficient (Wildman–Crippen LogP) is 0.124. The average molecular weight is 472 g/mol. The van der Waals surface area contributed by atoms with E-state index in [0.717, 1.165) is 24.2 Å². The van der Waals surface area contributed by atoms with E-state index in [2.05, 4.69) is 16.0 Å². The Labute approximate surface area is 194 Å². The van der Waals surface area contributed by atoms with Gasteiger partial charge >= 0.3 is 6.03 Å². The Morgan fingerprint density at radius 2 is 1.66 bits per heavy atom. The predicted molar refractivity (Wildman–Crippen MR) is 120 cm³/mol. The third-order valence-corrected chi connectivity index (χ3v) is 7.18. The highest BCUT2D eigenvalue weighted by Crippen LogP contribution is 2.21. The maximum Gasteiger partial charge on any atom is 0.319 e. The molecule has 8 heteroatoms. The maximum atomic E-state index is 12.8. The van der Waals surface area contributed by atoms with Crippen molar-refractivity contribution in [3.05, 3.63) is 95.1 Å². The van der Waals surface area contributed by atoms with Gasteiger partial charge in [0.1, 0.15) is 13.1 Å². The van der Waals surface area contributed by atoms with Crippen LogP contribution in [0.4, 0.5) is 10.5 Å². The van der Waals surface area contributed by atoms with E-state index in [0.29, 0.717) is 5.69 Å². The number of urea groups is 1. The molecule has 0 radical (unpaired) electrons. The van der Waals surface area contributed by atoms with Crippen molar-refractivity contribution in [1.29, 1.82) is 0 Å². The molecule has 3 aromatic carbocycles. The lowest BCUT2D eigenvalue weighted by Crippen LogP contribution is -3.00. The molecule has 1 heterocycles. The van der Waals surface area contributed by atoms with Crippen LogP contribution in [0.2, 0.25) is 0 Å². The van der Waals surface area contributed by atoms with Crippen LogP contribution in [0.15, 0.2) is 77.7 Å². The lowest BCUT2D eigenvalue weighted by molar-refractivity contribution is -0.676. The van der Waals surface area contributed by atoms with E-state index in [-0.39, 0.29) is 35.1 Å². The number of nitrogens with one attached hydrogen (secondary N) is 2. The summed E-state index contributed by atoms with van der Waals surface area (Å²) < 4.78 is 25.7. The van der Waals surface area contributed by atoms with Crippen molar-refractivity contribution < 1.29 is 30.9 Å². The minimum absolute atomic E-state index is 0. The van der Waals surface area contributed by atoms with Crippen molar-refractivity contribution in [1.82, 2.24) is 5.32 Å². The largest absolute Gasteiger partial charge is 1.00 e. The molecule has 4 rings (SSSR count). The molecule has 6 nitrogen and oxygen atoms in total. The molecular weight excluding hydrogens is 446 g/mol. The highest BCUT2D eigenvalue weighted by molar-refractivity contribution is 7.90. The van der Waals surface area contributed by atoms with Gasteiger partial charge in [-0.1, -0.05) is 42.5 Å². The first-order valence-corrected chi connectivity index (χ1v) is 11.9. The van der Waals surface area contributed by atoms with Gasteiger partial charge in [0.05, 0.1) is 16.7 Å². The molecule has 0 bridgehead atoms. The number of hydrogen-bond acceptors (Lipinski definition) is 3. The van der Waals surface area contributed by atoms with Crippen molar-refractivity contribution in [3.8, 4) is 0 Å². The molecule has 0 fully saturated rings. The second-order valence-corrected chi connectivity index (χ2v) is 9.80. The van der Waals surface area contributed by atoms with Crippen LogP contribution in [-0.4, -0.2) is 14.4 Å². The number of fused-ring (bicyclic) bond motifs is 1.